The van der Waals surface area contributed by atoms with Crippen molar-refractivity contribution in [2.45, 2.75) is 32.5 Å². The van der Waals surface area contributed by atoms with Gasteiger partial charge in [0.05, 0.1) is 0 Å². The van der Waals surface area contributed by atoms with Crippen LogP contribution in [0.5, 0.6) is 0 Å². The van der Waals surface area contributed by atoms with Crippen molar-refractivity contribution in [3.05, 3.63) is 21.9 Å². The highest BCUT2D eigenvalue weighted by Gasteiger charge is 2.27. The molecule has 18 heavy (non-hydrogen) atoms. The predicted molar refractivity (Wildman–Crippen MR) is 67.0 cm³/mol. The molecule has 2 nitrogen and oxygen atoms in total. The third-order valence-electron chi connectivity index (χ3n) is 2.42. The third kappa shape index (κ3) is 5.84. The molecular formula is C12H18F3NOS. The average molecular weight is 281 g/mol. The molecule has 1 unspecified atom stereocenters. The number of thiophene rings is 1. The lowest BCUT2D eigenvalue weighted by Crippen LogP contribution is -2.23. The molecule has 104 valence electrons. The zero-order valence-electron chi connectivity index (χ0n) is 10.5. The molecule has 1 N–H and O–H groups in total. The fourth-order valence-corrected chi connectivity index (χ4v) is 2.43. The normalized spacial score (nSPS) is 13.8. The van der Waals surface area contributed by atoms with Crippen molar-refractivity contribution < 1.29 is 17.9 Å². The van der Waals surface area contributed by atoms with E-state index in [0.29, 0.717) is 6.42 Å². The second kappa shape index (κ2) is 7.11. The molecule has 6 heteroatoms. The Morgan fingerprint density at radius 3 is 2.67 bits per heavy atom. The predicted octanol–water partition coefficient (Wildman–Crippen LogP) is 3.68. The molecule has 0 aliphatic heterocycles. The number of nitrogens with one attached hydrogen (secondary N) is 1. The maximum atomic E-state index is 11.9. The Bertz CT molecular complexity index is 351. The molecule has 0 amide bonds. The summed E-state index contributed by atoms with van der Waals surface area (Å²) in [6.07, 6.45) is -3.70. The van der Waals surface area contributed by atoms with E-state index in [2.05, 4.69) is 16.1 Å². The molecule has 0 aliphatic rings. The first-order valence-electron chi connectivity index (χ1n) is 5.85. The van der Waals surface area contributed by atoms with Crippen molar-refractivity contribution in [1.29, 1.82) is 0 Å². The molecule has 1 aromatic heterocycles. The summed E-state index contributed by atoms with van der Waals surface area (Å²) in [5, 5.41) is 5.29. The Morgan fingerprint density at radius 2 is 2.17 bits per heavy atom. The van der Waals surface area contributed by atoms with Crippen LogP contribution in [-0.2, 0) is 4.74 Å². The van der Waals surface area contributed by atoms with Gasteiger partial charge in [-0.15, -0.1) is 11.3 Å². The van der Waals surface area contributed by atoms with Gasteiger partial charge in [-0.25, -0.2) is 0 Å². The van der Waals surface area contributed by atoms with Crippen molar-refractivity contribution in [1.82, 2.24) is 5.32 Å². The molecule has 1 heterocycles. The zero-order chi connectivity index (χ0) is 13.6. The minimum Gasteiger partial charge on any atom is -0.372 e. The van der Waals surface area contributed by atoms with Crippen LogP contribution in [-0.4, -0.2) is 25.9 Å². The van der Waals surface area contributed by atoms with Crippen LogP contribution < -0.4 is 5.32 Å². The van der Waals surface area contributed by atoms with Crippen LogP contribution in [0, 0.1) is 6.92 Å². The van der Waals surface area contributed by atoms with Crippen molar-refractivity contribution in [2.75, 3.05) is 19.8 Å². The molecule has 0 spiro atoms. The minimum atomic E-state index is -4.24. The van der Waals surface area contributed by atoms with Gasteiger partial charge in [-0.05, 0) is 36.9 Å². The van der Waals surface area contributed by atoms with Crippen molar-refractivity contribution in [3.63, 3.8) is 0 Å². The molecule has 1 rings (SSSR count). The van der Waals surface area contributed by atoms with Crippen LogP contribution >= 0.6 is 11.3 Å². The lowest BCUT2D eigenvalue weighted by molar-refractivity contribution is -0.174. The summed E-state index contributed by atoms with van der Waals surface area (Å²) in [4.78, 5) is 1.20. The summed E-state index contributed by atoms with van der Waals surface area (Å²) in [5.74, 6) is 0. The summed E-state index contributed by atoms with van der Waals surface area (Å²) in [7, 11) is 0. The summed E-state index contributed by atoms with van der Waals surface area (Å²) >= 11 is 1.64. The van der Waals surface area contributed by atoms with Gasteiger partial charge in [0, 0.05) is 17.5 Å². The number of alkyl halides is 3. The second-order valence-corrected chi connectivity index (χ2v) is 5.17. The van der Waals surface area contributed by atoms with Crippen molar-refractivity contribution in [3.8, 4) is 0 Å². The van der Waals surface area contributed by atoms with E-state index in [1.54, 1.807) is 11.3 Å². The van der Waals surface area contributed by atoms with Gasteiger partial charge in [0.2, 0.25) is 0 Å². The number of aryl methyl sites for hydroxylation is 1. The number of hydrogen-bond acceptors (Lipinski definition) is 3. The highest BCUT2D eigenvalue weighted by atomic mass is 32.1. The summed E-state index contributed by atoms with van der Waals surface area (Å²) in [6.45, 7) is 3.69. The smallest absolute Gasteiger partial charge is 0.372 e. The van der Waals surface area contributed by atoms with Gasteiger partial charge in [0.15, 0.2) is 0 Å². The van der Waals surface area contributed by atoms with Crippen LogP contribution in [0.25, 0.3) is 0 Å². The molecular weight excluding hydrogens is 263 g/mol. The van der Waals surface area contributed by atoms with Crippen molar-refractivity contribution in [2.24, 2.45) is 0 Å². The maximum Gasteiger partial charge on any atom is 0.411 e. The average Bonchev–Trinajstić information content (AvgIpc) is 2.68. The Labute approximate surface area is 109 Å². The first-order valence-corrected chi connectivity index (χ1v) is 6.73. The molecule has 0 aliphatic carbocycles. The first-order chi connectivity index (χ1) is 8.42. The summed E-state index contributed by atoms with van der Waals surface area (Å²) in [5.41, 5.74) is 1.12. The fraction of sp³-hybridized carbons (Fsp3) is 0.667. The molecule has 0 fully saturated rings. The van der Waals surface area contributed by atoms with Crippen LogP contribution in [0.1, 0.15) is 29.8 Å². The third-order valence-corrected chi connectivity index (χ3v) is 3.30. The van der Waals surface area contributed by atoms with E-state index in [9.17, 15) is 13.2 Å². The largest absolute Gasteiger partial charge is 0.411 e. The fourth-order valence-electron chi connectivity index (χ4n) is 1.67. The number of ether oxygens (including phenoxy) is 1. The van der Waals surface area contributed by atoms with Crippen LogP contribution in [0.4, 0.5) is 13.2 Å². The molecule has 0 aromatic carbocycles. The standard InChI is InChI=1S/C12H18F3NOS/c1-3-16-11(10-6-9(2)18-7-10)4-5-17-8-12(13,14)15/h6-7,11,16H,3-5,8H2,1-2H3. The molecule has 0 saturated heterocycles. The van der Waals surface area contributed by atoms with Crippen LogP contribution in [0.3, 0.4) is 0 Å². The second-order valence-electron chi connectivity index (χ2n) is 4.06. The Balaban J connectivity index is 2.39. The van der Waals surface area contributed by atoms with Gasteiger partial charge in [-0.1, -0.05) is 6.92 Å². The van der Waals surface area contributed by atoms with Gasteiger partial charge in [-0.2, -0.15) is 13.2 Å². The molecule has 0 radical (unpaired) electrons. The molecule has 0 bridgehead atoms. The highest BCUT2D eigenvalue weighted by molar-refractivity contribution is 7.10. The lowest BCUT2D eigenvalue weighted by atomic mass is 10.1. The van der Waals surface area contributed by atoms with E-state index in [4.69, 9.17) is 0 Å². The van der Waals surface area contributed by atoms with E-state index < -0.39 is 12.8 Å². The number of halogens is 3. The zero-order valence-corrected chi connectivity index (χ0v) is 11.3. The van der Waals surface area contributed by atoms with Gasteiger partial charge < -0.3 is 10.1 Å². The quantitative estimate of drug-likeness (QED) is 0.770. The monoisotopic (exact) mass is 281 g/mol. The minimum absolute atomic E-state index is 0.0631. The maximum absolute atomic E-state index is 11.9. The molecule has 0 saturated carbocycles. The van der Waals surface area contributed by atoms with Gasteiger partial charge >= 0.3 is 6.18 Å². The van der Waals surface area contributed by atoms with E-state index in [-0.39, 0.29) is 12.6 Å². The Morgan fingerprint density at radius 1 is 1.44 bits per heavy atom. The van der Waals surface area contributed by atoms with E-state index >= 15 is 0 Å². The van der Waals surface area contributed by atoms with E-state index in [0.717, 1.165) is 12.1 Å². The SMILES string of the molecule is CCNC(CCOCC(F)(F)F)c1csc(C)c1. The van der Waals surface area contributed by atoms with Crippen LogP contribution in [0.15, 0.2) is 11.4 Å². The van der Waals surface area contributed by atoms with Gasteiger partial charge in [0.1, 0.15) is 6.61 Å². The van der Waals surface area contributed by atoms with Gasteiger partial charge in [0.25, 0.3) is 0 Å². The summed E-state index contributed by atoms with van der Waals surface area (Å²) in [6, 6.07) is 2.12. The first kappa shape index (κ1) is 15.5. The highest BCUT2D eigenvalue weighted by Crippen LogP contribution is 2.23. The Hall–Kier alpha value is -0.590. The lowest BCUT2D eigenvalue weighted by Gasteiger charge is -2.17. The molecule has 1 aromatic rings. The van der Waals surface area contributed by atoms with Crippen LogP contribution in [0.2, 0.25) is 0 Å². The number of hydrogen-bond donors (Lipinski definition) is 1. The molecule has 1 atom stereocenters. The van der Waals surface area contributed by atoms with Crippen molar-refractivity contribution >= 4 is 11.3 Å². The van der Waals surface area contributed by atoms with E-state index in [1.165, 1.54) is 4.88 Å². The van der Waals surface area contributed by atoms with E-state index in [1.807, 2.05) is 19.2 Å². The number of rotatable bonds is 7. The van der Waals surface area contributed by atoms with Gasteiger partial charge in [-0.3, -0.25) is 0 Å². The summed E-state index contributed by atoms with van der Waals surface area (Å²) < 4.78 is 40.4. The Kier molecular flexibility index (Phi) is 6.11. The topological polar surface area (TPSA) is 21.3 Å².